The summed E-state index contributed by atoms with van der Waals surface area (Å²) < 4.78 is 24.2. The van der Waals surface area contributed by atoms with Gasteiger partial charge in [0.15, 0.2) is 11.5 Å². The molecule has 3 aromatic carbocycles. The van der Waals surface area contributed by atoms with E-state index < -0.39 is 17.8 Å². The number of hydrogen-bond acceptors (Lipinski definition) is 5. The van der Waals surface area contributed by atoms with Crippen molar-refractivity contribution in [2.45, 2.75) is 6.61 Å². The molecule has 1 N–H and O–H groups in total. The molecule has 4 amide bonds. The molecule has 1 heterocycles. The van der Waals surface area contributed by atoms with Crippen LogP contribution in [0.2, 0.25) is 10.0 Å². The molecule has 0 bridgehead atoms. The molecule has 0 spiro atoms. The lowest BCUT2D eigenvalue weighted by molar-refractivity contribution is -0.122. The van der Waals surface area contributed by atoms with Gasteiger partial charge in [-0.3, -0.25) is 14.9 Å². The minimum Gasteiger partial charge on any atom is -0.493 e. The fourth-order valence-electron chi connectivity index (χ4n) is 3.32. The first-order valence-corrected chi connectivity index (χ1v) is 10.9. The number of benzene rings is 3. The summed E-state index contributed by atoms with van der Waals surface area (Å²) in [5.74, 6) is -1.25. The van der Waals surface area contributed by atoms with Gasteiger partial charge in [0, 0.05) is 0 Å². The molecule has 10 heteroatoms. The summed E-state index contributed by atoms with van der Waals surface area (Å²) in [5.41, 5.74) is 1.11. The van der Waals surface area contributed by atoms with E-state index in [1.54, 1.807) is 30.3 Å². The van der Waals surface area contributed by atoms with Crippen molar-refractivity contribution < 1.29 is 28.2 Å². The number of anilines is 1. The van der Waals surface area contributed by atoms with Gasteiger partial charge >= 0.3 is 6.03 Å². The van der Waals surface area contributed by atoms with E-state index in [0.29, 0.717) is 17.1 Å². The average molecular weight is 515 g/mol. The SMILES string of the molecule is COc1cc(/C=C2\C(=O)NC(=O)N(c3ccc(Cl)c(Cl)c3)C2=O)ccc1OCc1ccc(F)cc1. The Balaban J connectivity index is 1.59. The largest absolute Gasteiger partial charge is 0.493 e. The molecule has 178 valence electrons. The molecule has 1 aliphatic heterocycles. The summed E-state index contributed by atoms with van der Waals surface area (Å²) in [5, 5.41) is 2.54. The van der Waals surface area contributed by atoms with E-state index in [4.69, 9.17) is 32.7 Å². The van der Waals surface area contributed by atoms with Crippen molar-refractivity contribution >= 4 is 52.8 Å². The van der Waals surface area contributed by atoms with Crippen LogP contribution in [0.4, 0.5) is 14.9 Å². The molecule has 0 aromatic heterocycles. The Morgan fingerprint density at radius 1 is 0.943 bits per heavy atom. The standard InChI is InChI=1S/C25H17Cl2FN2O5/c1-34-22-11-15(4-9-21(22)35-13-14-2-5-16(28)6-3-14)10-18-23(31)29-25(33)30(24(18)32)17-7-8-19(26)20(27)12-17/h2-12H,13H2,1H3,(H,29,31,33)/b18-10+. The number of nitrogens with one attached hydrogen (secondary N) is 1. The van der Waals surface area contributed by atoms with Crippen LogP contribution >= 0.6 is 23.2 Å². The van der Waals surface area contributed by atoms with Gasteiger partial charge in [-0.05, 0) is 59.7 Å². The Kier molecular flexibility index (Phi) is 7.04. The lowest BCUT2D eigenvalue weighted by Gasteiger charge is -2.26. The van der Waals surface area contributed by atoms with Gasteiger partial charge in [-0.2, -0.15) is 0 Å². The first-order chi connectivity index (χ1) is 16.8. The van der Waals surface area contributed by atoms with Crippen LogP contribution in [0.3, 0.4) is 0 Å². The van der Waals surface area contributed by atoms with Crippen molar-refractivity contribution in [2.75, 3.05) is 12.0 Å². The normalized spacial score (nSPS) is 14.8. The van der Waals surface area contributed by atoms with Crippen molar-refractivity contribution in [1.29, 1.82) is 0 Å². The Labute approximate surface area is 209 Å². The third kappa shape index (κ3) is 5.29. The van der Waals surface area contributed by atoms with Crippen LogP contribution in [0.5, 0.6) is 11.5 Å². The molecular formula is C25H17Cl2FN2O5. The van der Waals surface area contributed by atoms with Gasteiger partial charge < -0.3 is 9.47 Å². The number of carbonyl (C=O) groups excluding carboxylic acids is 3. The van der Waals surface area contributed by atoms with Crippen LogP contribution in [0.15, 0.2) is 66.2 Å². The van der Waals surface area contributed by atoms with Crippen LogP contribution < -0.4 is 19.7 Å². The van der Waals surface area contributed by atoms with Crippen molar-refractivity contribution in [3.63, 3.8) is 0 Å². The van der Waals surface area contributed by atoms with Gasteiger partial charge in [0.2, 0.25) is 0 Å². The molecular weight excluding hydrogens is 498 g/mol. The highest BCUT2D eigenvalue weighted by Gasteiger charge is 2.37. The van der Waals surface area contributed by atoms with Gasteiger partial charge in [-0.15, -0.1) is 0 Å². The number of rotatable bonds is 6. The molecule has 0 aliphatic carbocycles. The zero-order valence-electron chi connectivity index (χ0n) is 18.2. The second-order valence-corrected chi connectivity index (χ2v) is 8.20. The Hall–Kier alpha value is -3.88. The molecule has 4 rings (SSSR count). The number of halogens is 3. The zero-order valence-corrected chi connectivity index (χ0v) is 19.7. The predicted molar refractivity (Wildman–Crippen MR) is 129 cm³/mol. The maximum absolute atomic E-state index is 13.1. The van der Waals surface area contributed by atoms with Gasteiger partial charge in [-0.25, -0.2) is 14.1 Å². The van der Waals surface area contributed by atoms with E-state index in [-0.39, 0.29) is 33.7 Å². The molecule has 1 fully saturated rings. The molecule has 0 saturated carbocycles. The first kappa shape index (κ1) is 24.3. The quantitative estimate of drug-likeness (QED) is 0.352. The van der Waals surface area contributed by atoms with Gasteiger partial charge in [0.25, 0.3) is 11.8 Å². The lowest BCUT2D eigenvalue weighted by atomic mass is 10.1. The van der Waals surface area contributed by atoms with E-state index in [1.807, 2.05) is 0 Å². The van der Waals surface area contributed by atoms with Crippen molar-refractivity contribution in [2.24, 2.45) is 0 Å². The molecule has 0 atom stereocenters. The summed E-state index contributed by atoms with van der Waals surface area (Å²) in [7, 11) is 1.44. The van der Waals surface area contributed by atoms with E-state index in [0.717, 1.165) is 10.5 Å². The number of urea groups is 1. The Bertz CT molecular complexity index is 1360. The summed E-state index contributed by atoms with van der Waals surface area (Å²) in [4.78, 5) is 38.7. The molecule has 1 aliphatic rings. The Morgan fingerprint density at radius 3 is 2.37 bits per heavy atom. The minimum absolute atomic E-state index is 0.146. The number of amides is 4. The van der Waals surface area contributed by atoms with Gasteiger partial charge in [0.05, 0.1) is 22.8 Å². The number of carbonyl (C=O) groups is 3. The smallest absolute Gasteiger partial charge is 0.335 e. The molecule has 3 aromatic rings. The number of imide groups is 2. The average Bonchev–Trinajstić information content (AvgIpc) is 2.83. The fourth-order valence-corrected chi connectivity index (χ4v) is 3.61. The van der Waals surface area contributed by atoms with Crippen LogP contribution in [0, 0.1) is 5.82 Å². The predicted octanol–water partition coefficient (Wildman–Crippen LogP) is 5.39. The van der Waals surface area contributed by atoms with E-state index in [2.05, 4.69) is 5.32 Å². The number of barbiturate groups is 1. The van der Waals surface area contributed by atoms with Crippen LogP contribution in [-0.4, -0.2) is 25.0 Å². The molecule has 35 heavy (non-hydrogen) atoms. The third-order valence-corrected chi connectivity index (χ3v) is 5.81. The molecule has 7 nitrogen and oxygen atoms in total. The number of ether oxygens (including phenoxy) is 2. The molecule has 0 unspecified atom stereocenters. The second kappa shape index (κ2) is 10.2. The Morgan fingerprint density at radius 2 is 1.69 bits per heavy atom. The van der Waals surface area contributed by atoms with Gasteiger partial charge in [0.1, 0.15) is 18.0 Å². The maximum atomic E-state index is 13.1. The maximum Gasteiger partial charge on any atom is 0.335 e. The summed E-state index contributed by atoms with van der Waals surface area (Å²) in [6.45, 7) is 0.179. The summed E-state index contributed by atoms with van der Waals surface area (Å²) in [6.07, 6.45) is 1.33. The minimum atomic E-state index is -0.905. The van der Waals surface area contributed by atoms with Crippen LogP contribution in [0.25, 0.3) is 6.08 Å². The third-order valence-electron chi connectivity index (χ3n) is 5.07. The monoisotopic (exact) mass is 514 g/mol. The van der Waals surface area contributed by atoms with Crippen molar-refractivity contribution in [3.8, 4) is 11.5 Å². The number of methoxy groups -OCH3 is 1. The zero-order chi connectivity index (χ0) is 25.1. The number of hydrogen-bond donors (Lipinski definition) is 1. The lowest BCUT2D eigenvalue weighted by Crippen LogP contribution is -2.54. The van der Waals surface area contributed by atoms with E-state index in [1.165, 1.54) is 43.5 Å². The first-order valence-electron chi connectivity index (χ1n) is 10.2. The van der Waals surface area contributed by atoms with Crippen LogP contribution in [-0.2, 0) is 16.2 Å². The van der Waals surface area contributed by atoms with Crippen molar-refractivity contribution in [3.05, 3.63) is 93.2 Å². The van der Waals surface area contributed by atoms with Crippen LogP contribution in [0.1, 0.15) is 11.1 Å². The van der Waals surface area contributed by atoms with Crippen molar-refractivity contribution in [1.82, 2.24) is 5.32 Å². The topological polar surface area (TPSA) is 84.9 Å². The number of nitrogens with zero attached hydrogens (tertiary/aromatic N) is 1. The highest BCUT2D eigenvalue weighted by atomic mass is 35.5. The second-order valence-electron chi connectivity index (χ2n) is 7.38. The molecule has 0 radical (unpaired) electrons. The van der Waals surface area contributed by atoms with Gasteiger partial charge in [-0.1, -0.05) is 41.4 Å². The highest BCUT2D eigenvalue weighted by molar-refractivity contribution is 6.43. The summed E-state index contributed by atoms with van der Waals surface area (Å²) >= 11 is 11.9. The summed E-state index contributed by atoms with van der Waals surface area (Å²) in [6, 6.07) is 14.0. The molecule has 1 saturated heterocycles. The van der Waals surface area contributed by atoms with E-state index >= 15 is 0 Å². The van der Waals surface area contributed by atoms with E-state index in [9.17, 15) is 18.8 Å². The fraction of sp³-hybridized carbons (Fsp3) is 0.0800. The highest BCUT2D eigenvalue weighted by Crippen LogP contribution is 2.32.